The molecule has 0 saturated heterocycles. The van der Waals surface area contributed by atoms with Crippen LogP contribution in [0.4, 0.5) is 8.78 Å². The van der Waals surface area contributed by atoms with Crippen molar-refractivity contribution >= 4 is 5.91 Å². The Morgan fingerprint density at radius 1 is 1.47 bits per heavy atom. The molecule has 5 heteroatoms. The van der Waals surface area contributed by atoms with Crippen LogP contribution in [-0.4, -0.2) is 12.0 Å². The molecule has 1 atom stereocenters. The Balaban J connectivity index is 2.80. The Hall–Kier alpha value is -1.65. The van der Waals surface area contributed by atoms with Crippen LogP contribution in [0, 0.1) is 11.6 Å². The topological polar surface area (TPSA) is 52.3 Å². The molecule has 0 aliphatic heterocycles. The first-order valence-electron chi connectivity index (χ1n) is 4.45. The van der Waals surface area contributed by atoms with E-state index in [1.807, 2.05) is 0 Å². The van der Waals surface area contributed by atoms with Gasteiger partial charge in [0.05, 0.1) is 0 Å². The molecule has 1 rings (SSSR count). The van der Waals surface area contributed by atoms with Crippen LogP contribution < -0.4 is 10.5 Å². The molecule has 0 heterocycles. The highest BCUT2D eigenvalue weighted by atomic mass is 19.2. The van der Waals surface area contributed by atoms with Crippen molar-refractivity contribution in [3.8, 4) is 5.75 Å². The van der Waals surface area contributed by atoms with Crippen molar-refractivity contribution in [2.45, 2.75) is 19.4 Å². The molecule has 0 spiro atoms. The van der Waals surface area contributed by atoms with E-state index < -0.39 is 23.6 Å². The SMILES string of the molecule is CCC(Oc1ccc(F)c(F)c1)C(N)=O. The summed E-state index contributed by atoms with van der Waals surface area (Å²) in [7, 11) is 0. The molecular formula is C10H11F2NO2. The molecule has 15 heavy (non-hydrogen) atoms. The zero-order chi connectivity index (χ0) is 11.4. The summed E-state index contributed by atoms with van der Waals surface area (Å²) in [5, 5.41) is 0. The van der Waals surface area contributed by atoms with E-state index >= 15 is 0 Å². The number of ether oxygens (including phenoxy) is 1. The summed E-state index contributed by atoms with van der Waals surface area (Å²) < 4.78 is 30.4. The Morgan fingerprint density at radius 2 is 2.13 bits per heavy atom. The minimum absolute atomic E-state index is 0.0829. The number of hydrogen-bond donors (Lipinski definition) is 1. The molecule has 0 saturated carbocycles. The molecule has 0 radical (unpaired) electrons. The Labute approximate surface area is 85.8 Å². The van der Waals surface area contributed by atoms with Crippen LogP contribution in [0.3, 0.4) is 0 Å². The fourth-order valence-electron chi connectivity index (χ4n) is 1.06. The normalized spacial score (nSPS) is 12.2. The number of hydrogen-bond acceptors (Lipinski definition) is 2. The average molecular weight is 215 g/mol. The Kier molecular flexibility index (Phi) is 3.60. The van der Waals surface area contributed by atoms with Gasteiger partial charge in [0, 0.05) is 6.07 Å². The lowest BCUT2D eigenvalue weighted by atomic mass is 10.2. The summed E-state index contributed by atoms with van der Waals surface area (Å²) in [5.41, 5.74) is 5.03. The van der Waals surface area contributed by atoms with Crippen molar-refractivity contribution in [2.75, 3.05) is 0 Å². The van der Waals surface area contributed by atoms with Crippen LogP contribution in [0.1, 0.15) is 13.3 Å². The van der Waals surface area contributed by atoms with Gasteiger partial charge >= 0.3 is 0 Å². The molecule has 0 aromatic heterocycles. The fraction of sp³-hybridized carbons (Fsp3) is 0.300. The maximum Gasteiger partial charge on any atom is 0.258 e. The van der Waals surface area contributed by atoms with Gasteiger partial charge in [-0.1, -0.05) is 6.92 Å². The largest absolute Gasteiger partial charge is 0.481 e. The molecular weight excluding hydrogens is 204 g/mol. The lowest BCUT2D eigenvalue weighted by molar-refractivity contribution is -0.124. The smallest absolute Gasteiger partial charge is 0.258 e. The zero-order valence-electron chi connectivity index (χ0n) is 8.17. The van der Waals surface area contributed by atoms with Crippen LogP contribution in [0.5, 0.6) is 5.75 Å². The average Bonchev–Trinajstić information content (AvgIpc) is 2.19. The number of benzene rings is 1. The molecule has 0 bridgehead atoms. The van der Waals surface area contributed by atoms with Crippen LogP contribution >= 0.6 is 0 Å². The van der Waals surface area contributed by atoms with E-state index in [0.29, 0.717) is 6.42 Å². The van der Waals surface area contributed by atoms with Gasteiger partial charge in [-0.2, -0.15) is 0 Å². The first-order valence-corrected chi connectivity index (χ1v) is 4.45. The van der Waals surface area contributed by atoms with Gasteiger partial charge in [-0.05, 0) is 18.6 Å². The van der Waals surface area contributed by atoms with E-state index in [4.69, 9.17) is 10.5 Å². The van der Waals surface area contributed by atoms with Crippen LogP contribution in [-0.2, 0) is 4.79 Å². The number of nitrogens with two attached hydrogens (primary N) is 1. The van der Waals surface area contributed by atoms with Gasteiger partial charge in [-0.3, -0.25) is 4.79 Å². The fourth-order valence-corrected chi connectivity index (χ4v) is 1.06. The number of amides is 1. The van der Waals surface area contributed by atoms with Crippen molar-refractivity contribution in [2.24, 2.45) is 5.73 Å². The van der Waals surface area contributed by atoms with Gasteiger partial charge in [0.2, 0.25) is 0 Å². The van der Waals surface area contributed by atoms with E-state index in [1.54, 1.807) is 6.92 Å². The van der Waals surface area contributed by atoms with E-state index in [9.17, 15) is 13.6 Å². The van der Waals surface area contributed by atoms with Crippen LogP contribution in [0.25, 0.3) is 0 Å². The van der Waals surface area contributed by atoms with Crippen molar-refractivity contribution in [1.82, 2.24) is 0 Å². The molecule has 1 amide bonds. The molecule has 2 N–H and O–H groups in total. The maximum atomic E-state index is 12.8. The maximum absolute atomic E-state index is 12.8. The first-order chi connectivity index (χ1) is 7.04. The van der Waals surface area contributed by atoms with E-state index in [0.717, 1.165) is 12.1 Å². The number of rotatable bonds is 4. The highest BCUT2D eigenvalue weighted by Gasteiger charge is 2.15. The van der Waals surface area contributed by atoms with Crippen LogP contribution in [0.2, 0.25) is 0 Å². The van der Waals surface area contributed by atoms with Gasteiger partial charge in [0.25, 0.3) is 5.91 Å². The quantitative estimate of drug-likeness (QED) is 0.829. The van der Waals surface area contributed by atoms with E-state index in [2.05, 4.69) is 0 Å². The molecule has 0 fully saturated rings. The van der Waals surface area contributed by atoms with Crippen molar-refractivity contribution < 1.29 is 18.3 Å². The molecule has 1 aromatic carbocycles. The second-order valence-electron chi connectivity index (χ2n) is 2.99. The Morgan fingerprint density at radius 3 is 2.60 bits per heavy atom. The number of primary amides is 1. The van der Waals surface area contributed by atoms with Crippen molar-refractivity contribution in [1.29, 1.82) is 0 Å². The third-order valence-corrected chi connectivity index (χ3v) is 1.86. The summed E-state index contributed by atoms with van der Waals surface area (Å²) in [6.45, 7) is 1.70. The lowest BCUT2D eigenvalue weighted by Crippen LogP contribution is -2.33. The third kappa shape index (κ3) is 2.90. The molecule has 0 aliphatic carbocycles. The second-order valence-corrected chi connectivity index (χ2v) is 2.99. The van der Waals surface area contributed by atoms with Crippen LogP contribution in [0.15, 0.2) is 18.2 Å². The van der Waals surface area contributed by atoms with Gasteiger partial charge in [-0.15, -0.1) is 0 Å². The van der Waals surface area contributed by atoms with Gasteiger partial charge < -0.3 is 10.5 Å². The summed E-state index contributed by atoms with van der Waals surface area (Å²) in [6, 6.07) is 3.04. The minimum atomic E-state index is -1.02. The number of carbonyl (C=O) groups is 1. The highest BCUT2D eigenvalue weighted by Crippen LogP contribution is 2.17. The molecule has 1 unspecified atom stereocenters. The van der Waals surface area contributed by atoms with Gasteiger partial charge in [0.1, 0.15) is 5.75 Å². The monoisotopic (exact) mass is 215 g/mol. The standard InChI is InChI=1S/C10H11F2NO2/c1-2-9(10(13)14)15-6-3-4-7(11)8(12)5-6/h3-5,9H,2H2,1H3,(H2,13,14). The number of halogens is 2. The predicted molar refractivity (Wildman–Crippen MR) is 50.3 cm³/mol. The molecule has 0 aliphatic rings. The van der Waals surface area contributed by atoms with Gasteiger partial charge in [-0.25, -0.2) is 8.78 Å². The predicted octanol–water partition coefficient (Wildman–Crippen LogP) is 1.61. The van der Waals surface area contributed by atoms with E-state index in [-0.39, 0.29) is 5.75 Å². The highest BCUT2D eigenvalue weighted by molar-refractivity contribution is 5.79. The summed E-state index contributed by atoms with van der Waals surface area (Å²) in [5.74, 6) is -2.54. The first kappa shape index (κ1) is 11.4. The van der Waals surface area contributed by atoms with Crippen molar-refractivity contribution in [3.05, 3.63) is 29.8 Å². The lowest BCUT2D eigenvalue weighted by Gasteiger charge is -2.13. The summed E-state index contributed by atoms with van der Waals surface area (Å²) in [6.07, 6.45) is -0.455. The van der Waals surface area contributed by atoms with Gasteiger partial charge in [0.15, 0.2) is 17.7 Å². The Bertz CT molecular complexity index is 368. The molecule has 82 valence electrons. The second kappa shape index (κ2) is 4.72. The zero-order valence-corrected chi connectivity index (χ0v) is 8.17. The summed E-state index contributed by atoms with van der Waals surface area (Å²) in [4.78, 5) is 10.8. The minimum Gasteiger partial charge on any atom is -0.481 e. The summed E-state index contributed by atoms with van der Waals surface area (Å²) >= 11 is 0. The van der Waals surface area contributed by atoms with E-state index in [1.165, 1.54) is 6.07 Å². The molecule has 1 aromatic rings. The third-order valence-electron chi connectivity index (χ3n) is 1.86. The van der Waals surface area contributed by atoms with Crippen molar-refractivity contribution in [3.63, 3.8) is 0 Å². The number of carbonyl (C=O) groups excluding carboxylic acids is 1. The molecule has 3 nitrogen and oxygen atoms in total.